The first-order chi connectivity index (χ1) is 10.2. The lowest BCUT2D eigenvalue weighted by Gasteiger charge is -2.28. The maximum atomic E-state index is 12.0. The monoisotopic (exact) mass is 307 g/mol. The minimum Gasteiger partial charge on any atom is -0.370 e. The quantitative estimate of drug-likeness (QED) is 0.840. The first-order valence-corrected chi connectivity index (χ1v) is 8.68. The van der Waals surface area contributed by atoms with Crippen LogP contribution in [0.1, 0.15) is 13.3 Å². The topological polar surface area (TPSA) is 44.4 Å². The molecule has 21 heavy (non-hydrogen) atoms. The summed E-state index contributed by atoms with van der Waals surface area (Å²) in [4.78, 5) is 14.2. The second-order valence-corrected chi connectivity index (χ2v) is 6.68. The van der Waals surface area contributed by atoms with Gasteiger partial charge in [0, 0.05) is 55.8 Å². The number of para-hydroxylation sites is 1. The Bertz CT molecular complexity index is 434. The summed E-state index contributed by atoms with van der Waals surface area (Å²) in [5.41, 5.74) is 1.17. The van der Waals surface area contributed by atoms with Crippen molar-refractivity contribution in [1.29, 1.82) is 0 Å². The van der Waals surface area contributed by atoms with Crippen LogP contribution < -0.4 is 15.5 Å². The van der Waals surface area contributed by atoms with Crippen molar-refractivity contribution in [3.05, 3.63) is 30.3 Å². The zero-order chi connectivity index (χ0) is 15.1. The van der Waals surface area contributed by atoms with Crippen LogP contribution >= 0.6 is 11.8 Å². The summed E-state index contributed by atoms with van der Waals surface area (Å²) >= 11 is 1.92. The fourth-order valence-corrected chi connectivity index (χ4v) is 3.31. The third-order valence-electron chi connectivity index (χ3n) is 3.85. The molecule has 1 aliphatic rings. The van der Waals surface area contributed by atoms with E-state index in [2.05, 4.69) is 41.6 Å². The van der Waals surface area contributed by atoms with Crippen LogP contribution in [0.2, 0.25) is 0 Å². The number of anilines is 1. The summed E-state index contributed by atoms with van der Waals surface area (Å²) in [6, 6.07) is 10.8. The minimum atomic E-state index is 0.142. The molecule has 0 bridgehead atoms. The standard InChI is InChI=1S/C16H25N3OS/c1-13(19(2)15-6-4-3-5-7-15)11-18-16(20)10-14-12-21-9-8-17-14/h3-7,13-14,17H,8-12H2,1-2H3,(H,18,20). The van der Waals surface area contributed by atoms with Crippen LogP contribution in [0.5, 0.6) is 0 Å². The lowest BCUT2D eigenvalue weighted by atomic mass is 10.2. The Morgan fingerprint density at radius 2 is 2.24 bits per heavy atom. The smallest absolute Gasteiger partial charge is 0.221 e. The number of hydrogen-bond donors (Lipinski definition) is 2. The average Bonchev–Trinajstić information content (AvgIpc) is 2.53. The summed E-state index contributed by atoms with van der Waals surface area (Å²) in [7, 11) is 2.06. The van der Waals surface area contributed by atoms with E-state index in [4.69, 9.17) is 0 Å². The molecular weight excluding hydrogens is 282 g/mol. The number of nitrogens with one attached hydrogen (secondary N) is 2. The Morgan fingerprint density at radius 3 is 2.90 bits per heavy atom. The fraction of sp³-hybridized carbons (Fsp3) is 0.562. The SMILES string of the molecule is CC(CNC(=O)CC1CSCCN1)N(C)c1ccccc1. The number of carbonyl (C=O) groups is 1. The van der Waals surface area contributed by atoms with Gasteiger partial charge in [0.15, 0.2) is 0 Å². The summed E-state index contributed by atoms with van der Waals surface area (Å²) in [5.74, 6) is 2.33. The van der Waals surface area contributed by atoms with Gasteiger partial charge in [-0.15, -0.1) is 0 Å². The molecule has 0 saturated carbocycles. The van der Waals surface area contributed by atoms with Crippen molar-refractivity contribution in [2.24, 2.45) is 0 Å². The summed E-state index contributed by atoms with van der Waals surface area (Å²) in [6.07, 6.45) is 0.578. The van der Waals surface area contributed by atoms with Gasteiger partial charge in [0.25, 0.3) is 0 Å². The zero-order valence-corrected chi connectivity index (χ0v) is 13.7. The van der Waals surface area contributed by atoms with Gasteiger partial charge in [0.1, 0.15) is 0 Å². The highest BCUT2D eigenvalue weighted by molar-refractivity contribution is 7.99. The van der Waals surface area contributed by atoms with Crippen LogP contribution in [0.3, 0.4) is 0 Å². The number of likely N-dealkylation sites (N-methyl/N-ethyl adjacent to an activating group) is 1. The Labute approximate surface area is 131 Å². The highest BCUT2D eigenvalue weighted by Crippen LogP contribution is 2.14. The van der Waals surface area contributed by atoms with Gasteiger partial charge < -0.3 is 15.5 Å². The minimum absolute atomic E-state index is 0.142. The molecule has 4 nitrogen and oxygen atoms in total. The van der Waals surface area contributed by atoms with Crippen molar-refractivity contribution in [2.75, 3.05) is 36.5 Å². The molecule has 2 atom stereocenters. The fourth-order valence-electron chi connectivity index (χ4n) is 2.36. The van der Waals surface area contributed by atoms with E-state index in [1.165, 1.54) is 5.69 Å². The molecule has 5 heteroatoms. The molecule has 0 aromatic heterocycles. The Balaban J connectivity index is 1.72. The molecular formula is C16H25N3OS. The molecule has 116 valence electrons. The molecule has 1 fully saturated rings. The van der Waals surface area contributed by atoms with Gasteiger partial charge in [-0.05, 0) is 19.1 Å². The van der Waals surface area contributed by atoms with Gasteiger partial charge in [0.05, 0.1) is 0 Å². The van der Waals surface area contributed by atoms with Gasteiger partial charge in [-0.3, -0.25) is 4.79 Å². The van der Waals surface area contributed by atoms with E-state index in [1.807, 2.05) is 30.0 Å². The van der Waals surface area contributed by atoms with Crippen molar-refractivity contribution >= 4 is 23.4 Å². The van der Waals surface area contributed by atoms with Crippen LogP contribution in [-0.2, 0) is 4.79 Å². The van der Waals surface area contributed by atoms with Crippen LogP contribution in [0.25, 0.3) is 0 Å². The van der Waals surface area contributed by atoms with Gasteiger partial charge in [-0.25, -0.2) is 0 Å². The number of amides is 1. The normalized spacial score (nSPS) is 19.8. The Hall–Kier alpha value is -1.20. The number of rotatable bonds is 6. The Kier molecular flexibility index (Phi) is 6.39. The van der Waals surface area contributed by atoms with E-state index in [9.17, 15) is 4.79 Å². The average molecular weight is 307 g/mol. The van der Waals surface area contributed by atoms with Crippen molar-refractivity contribution < 1.29 is 4.79 Å². The molecule has 1 amide bonds. The second kappa shape index (κ2) is 8.29. The number of nitrogens with zero attached hydrogens (tertiary/aromatic N) is 1. The lowest BCUT2D eigenvalue weighted by Crippen LogP contribution is -2.44. The molecule has 1 aromatic rings. The van der Waals surface area contributed by atoms with E-state index in [1.54, 1.807) is 0 Å². The molecule has 1 saturated heterocycles. The van der Waals surface area contributed by atoms with Crippen molar-refractivity contribution in [3.8, 4) is 0 Å². The first kappa shape index (κ1) is 16.2. The van der Waals surface area contributed by atoms with Crippen LogP contribution in [0, 0.1) is 0 Å². The molecule has 1 heterocycles. The van der Waals surface area contributed by atoms with Crippen molar-refractivity contribution in [3.63, 3.8) is 0 Å². The van der Waals surface area contributed by atoms with Crippen molar-refractivity contribution in [1.82, 2.24) is 10.6 Å². The highest BCUT2D eigenvalue weighted by Gasteiger charge is 2.17. The largest absolute Gasteiger partial charge is 0.370 e. The zero-order valence-electron chi connectivity index (χ0n) is 12.8. The number of hydrogen-bond acceptors (Lipinski definition) is 4. The molecule has 2 unspecified atom stereocenters. The van der Waals surface area contributed by atoms with Gasteiger partial charge in [-0.1, -0.05) is 18.2 Å². The molecule has 2 N–H and O–H groups in total. The van der Waals surface area contributed by atoms with Gasteiger partial charge >= 0.3 is 0 Å². The third-order valence-corrected chi connectivity index (χ3v) is 4.98. The molecule has 0 radical (unpaired) electrons. The van der Waals surface area contributed by atoms with Crippen molar-refractivity contribution in [2.45, 2.75) is 25.4 Å². The van der Waals surface area contributed by atoms with Gasteiger partial charge in [-0.2, -0.15) is 11.8 Å². The summed E-state index contributed by atoms with van der Waals surface area (Å²) in [6.45, 7) is 3.81. The summed E-state index contributed by atoms with van der Waals surface area (Å²) < 4.78 is 0. The van der Waals surface area contributed by atoms with E-state index >= 15 is 0 Å². The molecule has 0 aliphatic carbocycles. The number of benzene rings is 1. The maximum Gasteiger partial charge on any atom is 0.221 e. The predicted octanol–water partition coefficient (Wildman–Crippen LogP) is 1.72. The molecule has 0 spiro atoms. The van der Waals surface area contributed by atoms with Crippen LogP contribution in [-0.4, -0.2) is 49.6 Å². The first-order valence-electron chi connectivity index (χ1n) is 7.52. The number of thioether (sulfide) groups is 1. The molecule has 1 aliphatic heterocycles. The summed E-state index contributed by atoms with van der Waals surface area (Å²) in [5, 5.41) is 6.44. The van der Waals surface area contributed by atoms with Crippen LogP contribution in [0.15, 0.2) is 30.3 Å². The van der Waals surface area contributed by atoms with E-state index < -0.39 is 0 Å². The number of carbonyl (C=O) groups excluding carboxylic acids is 1. The lowest BCUT2D eigenvalue weighted by molar-refractivity contribution is -0.121. The van der Waals surface area contributed by atoms with E-state index in [0.29, 0.717) is 19.0 Å². The third kappa shape index (κ3) is 5.25. The Morgan fingerprint density at radius 1 is 1.48 bits per heavy atom. The van der Waals surface area contributed by atoms with E-state index in [0.717, 1.165) is 18.1 Å². The van der Waals surface area contributed by atoms with Gasteiger partial charge in [0.2, 0.25) is 5.91 Å². The highest BCUT2D eigenvalue weighted by atomic mass is 32.2. The van der Waals surface area contributed by atoms with E-state index in [-0.39, 0.29) is 11.9 Å². The predicted molar refractivity (Wildman–Crippen MR) is 91.0 cm³/mol. The van der Waals surface area contributed by atoms with Crippen LogP contribution in [0.4, 0.5) is 5.69 Å². The molecule has 2 rings (SSSR count). The second-order valence-electron chi connectivity index (χ2n) is 5.53. The maximum absolute atomic E-state index is 12.0. The molecule has 1 aromatic carbocycles.